The molecular formula is C17H20N2O. The van der Waals surface area contributed by atoms with Gasteiger partial charge in [0.2, 0.25) is 0 Å². The SMILES string of the molecule is Cc1cccc(N=Nc2ccc(O)c(C(C)(C)C)c2)c1. The van der Waals surface area contributed by atoms with Crippen molar-refractivity contribution in [2.24, 2.45) is 10.2 Å². The quantitative estimate of drug-likeness (QED) is 0.727. The molecule has 0 spiro atoms. The van der Waals surface area contributed by atoms with Crippen molar-refractivity contribution in [3.05, 3.63) is 53.6 Å². The van der Waals surface area contributed by atoms with Gasteiger partial charge in [-0.3, -0.25) is 0 Å². The van der Waals surface area contributed by atoms with Gasteiger partial charge in [-0.2, -0.15) is 10.2 Å². The minimum absolute atomic E-state index is 0.126. The van der Waals surface area contributed by atoms with Gasteiger partial charge in [-0.15, -0.1) is 0 Å². The molecule has 104 valence electrons. The predicted octanol–water partition coefficient (Wildman–Crippen LogP) is 5.41. The molecule has 0 aromatic heterocycles. The van der Waals surface area contributed by atoms with E-state index in [1.165, 1.54) is 0 Å². The van der Waals surface area contributed by atoms with Gasteiger partial charge in [0.15, 0.2) is 0 Å². The zero-order valence-corrected chi connectivity index (χ0v) is 12.4. The van der Waals surface area contributed by atoms with Gasteiger partial charge in [0, 0.05) is 5.56 Å². The van der Waals surface area contributed by atoms with Crippen molar-refractivity contribution >= 4 is 11.4 Å². The number of benzene rings is 2. The third kappa shape index (κ3) is 3.44. The van der Waals surface area contributed by atoms with E-state index >= 15 is 0 Å². The Morgan fingerprint density at radius 3 is 2.15 bits per heavy atom. The van der Waals surface area contributed by atoms with Crippen LogP contribution < -0.4 is 0 Å². The number of azo groups is 1. The fourth-order valence-electron chi connectivity index (χ4n) is 1.99. The summed E-state index contributed by atoms with van der Waals surface area (Å²) in [6.45, 7) is 8.20. The van der Waals surface area contributed by atoms with Gasteiger partial charge >= 0.3 is 0 Å². The van der Waals surface area contributed by atoms with E-state index in [1.54, 1.807) is 12.1 Å². The maximum Gasteiger partial charge on any atom is 0.119 e. The van der Waals surface area contributed by atoms with E-state index < -0.39 is 0 Å². The summed E-state index contributed by atoms with van der Waals surface area (Å²) in [7, 11) is 0. The van der Waals surface area contributed by atoms with Crippen molar-refractivity contribution in [1.82, 2.24) is 0 Å². The Kier molecular flexibility index (Phi) is 3.89. The van der Waals surface area contributed by atoms with Gasteiger partial charge in [-0.25, -0.2) is 0 Å². The maximum absolute atomic E-state index is 9.92. The molecule has 0 fully saturated rings. The van der Waals surface area contributed by atoms with Gasteiger partial charge in [-0.1, -0.05) is 32.9 Å². The molecule has 0 amide bonds. The molecule has 0 heterocycles. The Hall–Kier alpha value is -2.16. The van der Waals surface area contributed by atoms with Crippen LogP contribution in [0.2, 0.25) is 0 Å². The van der Waals surface area contributed by atoms with Crippen LogP contribution in [0.5, 0.6) is 5.75 Å². The van der Waals surface area contributed by atoms with Crippen molar-refractivity contribution in [2.45, 2.75) is 33.1 Å². The second kappa shape index (κ2) is 5.45. The van der Waals surface area contributed by atoms with Crippen LogP contribution in [0.25, 0.3) is 0 Å². The van der Waals surface area contributed by atoms with E-state index in [1.807, 2.05) is 37.3 Å². The number of hydrogen-bond donors (Lipinski definition) is 1. The lowest BCUT2D eigenvalue weighted by atomic mass is 9.86. The number of aromatic hydroxyl groups is 1. The van der Waals surface area contributed by atoms with E-state index in [2.05, 4.69) is 31.0 Å². The molecule has 0 aliphatic rings. The first-order chi connectivity index (χ1) is 9.36. The lowest BCUT2D eigenvalue weighted by Gasteiger charge is -2.20. The van der Waals surface area contributed by atoms with Gasteiger partial charge in [0.25, 0.3) is 0 Å². The van der Waals surface area contributed by atoms with E-state index in [-0.39, 0.29) is 5.41 Å². The van der Waals surface area contributed by atoms with Crippen LogP contribution in [0, 0.1) is 6.92 Å². The number of rotatable bonds is 2. The fraction of sp³-hybridized carbons (Fsp3) is 0.294. The highest BCUT2D eigenvalue weighted by Gasteiger charge is 2.18. The molecule has 3 nitrogen and oxygen atoms in total. The minimum Gasteiger partial charge on any atom is -0.508 e. The molecule has 2 aromatic carbocycles. The first-order valence-electron chi connectivity index (χ1n) is 6.68. The van der Waals surface area contributed by atoms with Crippen molar-refractivity contribution in [1.29, 1.82) is 0 Å². The number of hydrogen-bond acceptors (Lipinski definition) is 3. The highest BCUT2D eigenvalue weighted by molar-refractivity contribution is 5.50. The van der Waals surface area contributed by atoms with Crippen LogP contribution in [0.15, 0.2) is 52.7 Å². The number of nitrogens with zero attached hydrogens (tertiary/aromatic N) is 2. The molecule has 0 aliphatic carbocycles. The summed E-state index contributed by atoms with van der Waals surface area (Å²) in [5.74, 6) is 0.298. The molecule has 2 aromatic rings. The van der Waals surface area contributed by atoms with Crippen LogP contribution in [0.4, 0.5) is 11.4 Å². The van der Waals surface area contributed by atoms with Gasteiger partial charge in [0.1, 0.15) is 5.75 Å². The number of phenols is 1. The zero-order valence-electron chi connectivity index (χ0n) is 12.4. The van der Waals surface area contributed by atoms with Gasteiger partial charge in [-0.05, 0) is 48.2 Å². The van der Waals surface area contributed by atoms with Crippen molar-refractivity contribution in [3.8, 4) is 5.75 Å². The average molecular weight is 268 g/mol. The maximum atomic E-state index is 9.92. The summed E-state index contributed by atoms with van der Waals surface area (Å²) in [6, 6.07) is 13.2. The summed E-state index contributed by atoms with van der Waals surface area (Å²) in [4.78, 5) is 0. The average Bonchev–Trinajstić information content (AvgIpc) is 2.36. The molecule has 0 unspecified atom stereocenters. The molecule has 20 heavy (non-hydrogen) atoms. The molecule has 3 heteroatoms. The number of phenolic OH excluding ortho intramolecular Hbond substituents is 1. The molecule has 1 N–H and O–H groups in total. The Balaban J connectivity index is 2.31. The van der Waals surface area contributed by atoms with Crippen LogP contribution in [0.3, 0.4) is 0 Å². The third-order valence-electron chi connectivity index (χ3n) is 3.07. The van der Waals surface area contributed by atoms with E-state index in [4.69, 9.17) is 0 Å². The van der Waals surface area contributed by atoms with E-state index in [0.29, 0.717) is 5.75 Å². The van der Waals surface area contributed by atoms with Crippen molar-refractivity contribution in [3.63, 3.8) is 0 Å². The molecule has 2 rings (SSSR count). The Morgan fingerprint density at radius 1 is 0.900 bits per heavy atom. The fourth-order valence-corrected chi connectivity index (χ4v) is 1.99. The molecule has 0 saturated carbocycles. The highest BCUT2D eigenvalue weighted by Crippen LogP contribution is 2.34. The lowest BCUT2D eigenvalue weighted by Crippen LogP contribution is -2.10. The van der Waals surface area contributed by atoms with Gasteiger partial charge in [0.05, 0.1) is 11.4 Å². The van der Waals surface area contributed by atoms with Crippen molar-refractivity contribution in [2.75, 3.05) is 0 Å². The second-order valence-corrected chi connectivity index (χ2v) is 5.99. The normalized spacial score (nSPS) is 12.0. The van der Waals surface area contributed by atoms with Crippen LogP contribution in [-0.2, 0) is 5.41 Å². The first-order valence-corrected chi connectivity index (χ1v) is 6.68. The predicted molar refractivity (Wildman–Crippen MR) is 82.2 cm³/mol. The molecule has 0 aliphatic heterocycles. The summed E-state index contributed by atoms with van der Waals surface area (Å²) in [5.41, 5.74) is 3.48. The molecule has 0 radical (unpaired) electrons. The topological polar surface area (TPSA) is 45.0 Å². The summed E-state index contributed by atoms with van der Waals surface area (Å²) < 4.78 is 0. The zero-order chi connectivity index (χ0) is 14.8. The molecular weight excluding hydrogens is 248 g/mol. The Bertz CT molecular complexity index is 640. The third-order valence-corrected chi connectivity index (χ3v) is 3.07. The second-order valence-electron chi connectivity index (χ2n) is 5.99. The number of aryl methyl sites for hydroxylation is 1. The highest BCUT2D eigenvalue weighted by atomic mass is 16.3. The van der Waals surface area contributed by atoms with Crippen molar-refractivity contribution < 1.29 is 5.11 Å². The van der Waals surface area contributed by atoms with Crippen LogP contribution in [-0.4, -0.2) is 5.11 Å². The smallest absolute Gasteiger partial charge is 0.119 e. The monoisotopic (exact) mass is 268 g/mol. The van der Waals surface area contributed by atoms with E-state index in [9.17, 15) is 5.11 Å². The van der Waals surface area contributed by atoms with E-state index in [0.717, 1.165) is 22.5 Å². The largest absolute Gasteiger partial charge is 0.508 e. The summed E-state index contributed by atoms with van der Waals surface area (Å²) >= 11 is 0. The van der Waals surface area contributed by atoms with Crippen LogP contribution >= 0.6 is 0 Å². The Labute approximate surface area is 120 Å². The standard InChI is InChI=1S/C17H20N2O/c1-12-6-5-7-13(10-12)18-19-14-8-9-16(20)15(11-14)17(2,3)4/h5-11,20H,1-4H3. The lowest BCUT2D eigenvalue weighted by molar-refractivity contribution is 0.447. The Morgan fingerprint density at radius 2 is 1.55 bits per heavy atom. The van der Waals surface area contributed by atoms with Gasteiger partial charge < -0.3 is 5.11 Å². The first kappa shape index (κ1) is 14.3. The molecule has 0 saturated heterocycles. The van der Waals surface area contributed by atoms with Crippen LogP contribution in [0.1, 0.15) is 31.9 Å². The summed E-state index contributed by atoms with van der Waals surface area (Å²) in [6.07, 6.45) is 0. The summed E-state index contributed by atoms with van der Waals surface area (Å²) in [5, 5.41) is 18.4. The molecule has 0 bridgehead atoms. The molecule has 0 atom stereocenters. The minimum atomic E-state index is -0.126.